The zero-order valence-electron chi connectivity index (χ0n) is 9.79. The van der Waals surface area contributed by atoms with Crippen molar-refractivity contribution in [3.63, 3.8) is 0 Å². The summed E-state index contributed by atoms with van der Waals surface area (Å²) in [6, 6.07) is 4.94. The lowest BCUT2D eigenvalue weighted by atomic mass is 10.1. The molecule has 2 rings (SSSR count). The molecule has 0 amide bonds. The Labute approximate surface area is 103 Å². The minimum absolute atomic E-state index is 0.109. The first-order valence-corrected chi connectivity index (χ1v) is 5.42. The van der Waals surface area contributed by atoms with Crippen LogP contribution in [0.15, 0.2) is 29.0 Å². The lowest BCUT2D eigenvalue weighted by Crippen LogP contribution is -2.07. The highest BCUT2D eigenvalue weighted by molar-refractivity contribution is 5.59. The van der Waals surface area contributed by atoms with E-state index in [-0.39, 0.29) is 5.69 Å². The molecule has 18 heavy (non-hydrogen) atoms. The van der Waals surface area contributed by atoms with E-state index in [9.17, 15) is 10.1 Å². The summed E-state index contributed by atoms with van der Waals surface area (Å²) in [5.41, 5.74) is 1.47. The number of nitrogens with one attached hydrogen (secondary N) is 1. The van der Waals surface area contributed by atoms with Crippen molar-refractivity contribution in [2.45, 2.75) is 13.3 Å². The highest BCUT2D eigenvalue weighted by atomic mass is 16.6. The van der Waals surface area contributed by atoms with Crippen LogP contribution in [0.4, 0.5) is 11.4 Å². The first kappa shape index (κ1) is 12.0. The normalized spacial score (nSPS) is 10.3. The predicted octanol–water partition coefficient (Wildman–Crippen LogP) is 1.94. The van der Waals surface area contributed by atoms with E-state index in [0.29, 0.717) is 24.4 Å². The standard InChI is InChI=1S/C11H12N4O3/c1-8-9(3-2-4-10(8)15(16)17)12-6-5-11-13-7-14-18-11/h2-4,7,12H,5-6H2,1H3. The van der Waals surface area contributed by atoms with Crippen LogP contribution in [-0.4, -0.2) is 21.6 Å². The van der Waals surface area contributed by atoms with Crippen molar-refractivity contribution in [1.82, 2.24) is 10.1 Å². The number of hydrogen-bond acceptors (Lipinski definition) is 6. The average Bonchev–Trinajstić information content (AvgIpc) is 2.84. The Morgan fingerprint density at radius 1 is 1.50 bits per heavy atom. The van der Waals surface area contributed by atoms with Crippen molar-refractivity contribution in [2.75, 3.05) is 11.9 Å². The zero-order chi connectivity index (χ0) is 13.0. The van der Waals surface area contributed by atoms with Gasteiger partial charge >= 0.3 is 0 Å². The van der Waals surface area contributed by atoms with Crippen LogP contribution in [0.1, 0.15) is 11.5 Å². The van der Waals surface area contributed by atoms with Crippen LogP contribution in [0, 0.1) is 17.0 Å². The second-order valence-electron chi connectivity index (χ2n) is 3.72. The largest absolute Gasteiger partial charge is 0.384 e. The van der Waals surface area contributed by atoms with Crippen LogP contribution >= 0.6 is 0 Å². The van der Waals surface area contributed by atoms with Gasteiger partial charge in [0.15, 0.2) is 6.33 Å². The third kappa shape index (κ3) is 2.62. The van der Waals surface area contributed by atoms with Gasteiger partial charge in [0.25, 0.3) is 5.69 Å². The molecule has 0 aliphatic carbocycles. The summed E-state index contributed by atoms with van der Waals surface area (Å²) in [6.45, 7) is 2.29. The summed E-state index contributed by atoms with van der Waals surface area (Å²) in [5, 5.41) is 17.4. The number of benzene rings is 1. The maximum absolute atomic E-state index is 10.8. The predicted molar refractivity (Wildman–Crippen MR) is 64.3 cm³/mol. The molecule has 1 aromatic heterocycles. The van der Waals surface area contributed by atoms with Crippen LogP contribution < -0.4 is 5.32 Å². The number of nitrogens with zero attached hydrogens (tertiary/aromatic N) is 3. The second-order valence-corrected chi connectivity index (χ2v) is 3.72. The summed E-state index contributed by atoms with van der Waals surface area (Å²) in [6.07, 6.45) is 1.91. The third-order valence-corrected chi connectivity index (χ3v) is 2.56. The van der Waals surface area contributed by atoms with Gasteiger partial charge in [0.1, 0.15) is 0 Å². The lowest BCUT2D eigenvalue weighted by molar-refractivity contribution is -0.385. The van der Waals surface area contributed by atoms with Gasteiger partial charge in [-0.25, -0.2) is 0 Å². The molecule has 0 fully saturated rings. The molecular formula is C11H12N4O3. The van der Waals surface area contributed by atoms with Crippen LogP contribution in [0.25, 0.3) is 0 Å². The maximum Gasteiger partial charge on any atom is 0.274 e. The Balaban J connectivity index is 2.01. The van der Waals surface area contributed by atoms with E-state index in [1.54, 1.807) is 19.1 Å². The van der Waals surface area contributed by atoms with E-state index in [4.69, 9.17) is 4.52 Å². The summed E-state index contributed by atoms with van der Waals surface area (Å²) < 4.78 is 4.85. The number of hydrogen-bond donors (Lipinski definition) is 1. The smallest absolute Gasteiger partial charge is 0.274 e. The maximum atomic E-state index is 10.8. The summed E-state index contributed by atoms with van der Waals surface area (Å²) in [4.78, 5) is 14.3. The summed E-state index contributed by atoms with van der Waals surface area (Å²) in [7, 11) is 0. The second kappa shape index (κ2) is 5.26. The highest BCUT2D eigenvalue weighted by Gasteiger charge is 2.12. The Bertz CT molecular complexity index is 539. The summed E-state index contributed by atoms with van der Waals surface area (Å²) in [5.74, 6) is 0.533. The zero-order valence-corrected chi connectivity index (χ0v) is 9.79. The van der Waals surface area contributed by atoms with Gasteiger partial charge in [-0.2, -0.15) is 4.98 Å². The molecule has 1 N–H and O–H groups in total. The van der Waals surface area contributed by atoms with Gasteiger partial charge < -0.3 is 9.84 Å². The van der Waals surface area contributed by atoms with Crippen molar-refractivity contribution in [3.05, 3.63) is 46.1 Å². The van der Waals surface area contributed by atoms with Crippen molar-refractivity contribution >= 4 is 11.4 Å². The number of nitro benzene ring substituents is 1. The molecular weight excluding hydrogens is 236 g/mol. The van der Waals surface area contributed by atoms with Crippen molar-refractivity contribution in [2.24, 2.45) is 0 Å². The fourth-order valence-electron chi connectivity index (χ4n) is 1.62. The molecule has 0 saturated carbocycles. The Morgan fingerprint density at radius 3 is 3.00 bits per heavy atom. The van der Waals surface area contributed by atoms with Crippen molar-refractivity contribution in [1.29, 1.82) is 0 Å². The molecule has 1 heterocycles. The molecule has 94 valence electrons. The highest BCUT2D eigenvalue weighted by Crippen LogP contribution is 2.24. The van der Waals surface area contributed by atoms with Gasteiger partial charge in [0, 0.05) is 30.3 Å². The van der Waals surface area contributed by atoms with E-state index in [1.165, 1.54) is 12.4 Å². The molecule has 2 aromatic rings. The SMILES string of the molecule is Cc1c(NCCc2ncno2)cccc1[N+](=O)[O-]. The fourth-order valence-corrected chi connectivity index (χ4v) is 1.62. The summed E-state index contributed by atoms with van der Waals surface area (Å²) >= 11 is 0. The first-order chi connectivity index (χ1) is 8.68. The van der Waals surface area contributed by atoms with Gasteiger partial charge in [-0.3, -0.25) is 10.1 Å². The number of aromatic nitrogens is 2. The van der Waals surface area contributed by atoms with Gasteiger partial charge in [0.2, 0.25) is 5.89 Å². The topological polar surface area (TPSA) is 94.1 Å². The van der Waals surface area contributed by atoms with Crippen LogP contribution in [0.2, 0.25) is 0 Å². The van der Waals surface area contributed by atoms with E-state index < -0.39 is 4.92 Å². The molecule has 7 nitrogen and oxygen atoms in total. The first-order valence-electron chi connectivity index (χ1n) is 5.42. The van der Waals surface area contributed by atoms with Crippen molar-refractivity contribution in [3.8, 4) is 0 Å². The van der Waals surface area contributed by atoms with Gasteiger partial charge in [-0.1, -0.05) is 11.2 Å². The molecule has 0 aliphatic heterocycles. The van der Waals surface area contributed by atoms with Crippen molar-refractivity contribution < 1.29 is 9.45 Å². The molecule has 0 atom stereocenters. The molecule has 0 saturated heterocycles. The Kier molecular flexibility index (Phi) is 3.52. The van der Waals surface area contributed by atoms with Gasteiger partial charge in [0.05, 0.1) is 4.92 Å². The molecule has 0 radical (unpaired) electrons. The van der Waals surface area contributed by atoms with E-state index in [0.717, 1.165) is 5.69 Å². The minimum atomic E-state index is -0.390. The average molecular weight is 248 g/mol. The van der Waals surface area contributed by atoms with Gasteiger partial charge in [-0.15, -0.1) is 0 Å². The van der Waals surface area contributed by atoms with E-state index in [1.807, 2.05) is 0 Å². The number of nitro groups is 1. The van der Waals surface area contributed by atoms with E-state index in [2.05, 4.69) is 15.5 Å². The molecule has 0 aliphatic rings. The molecule has 0 bridgehead atoms. The molecule has 0 spiro atoms. The number of rotatable bonds is 5. The minimum Gasteiger partial charge on any atom is -0.384 e. The van der Waals surface area contributed by atoms with Crippen LogP contribution in [0.3, 0.4) is 0 Å². The van der Waals surface area contributed by atoms with Crippen LogP contribution in [0.5, 0.6) is 0 Å². The van der Waals surface area contributed by atoms with Crippen LogP contribution in [-0.2, 0) is 6.42 Å². The fraction of sp³-hybridized carbons (Fsp3) is 0.273. The Morgan fingerprint density at radius 2 is 2.33 bits per heavy atom. The van der Waals surface area contributed by atoms with E-state index >= 15 is 0 Å². The molecule has 7 heteroatoms. The third-order valence-electron chi connectivity index (χ3n) is 2.56. The number of anilines is 1. The Hall–Kier alpha value is -2.44. The molecule has 1 aromatic carbocycles. The van der Waals surface area contributed by atoms with Gasteiger partial charge in [-0.05, 0) is 13.0 Å². The quantitative estimate of drug-likeness (QED) is 0.641. The lowest BCUT2D eigenvalue weighted by Gasteiger charge is -2.08. The molecule has 0 unspecified atom stereocenters. The monoisotopic (exact) mass is 248 g/mol.